The van der Waals surface area contributed by atoms with Crippen molar-refractivity contribution in [3.63, 3.8) is 0 Å². The van der Waals surface area contributed by atoms with E-state index in [1.807, 2.05) is 0 Å². The summed E-state index contributed by atoms with van der Waals surface area (Å²) >= 11 is 0. The molecular weight excluding hydrogens is 252 g/mol. The molecule has 0 radical (unpaired) electrons. The molecule has 1 amide bonds. The highest BCUT2D eigenvalue weighted by Crippen LogP contribution is 2.25. The normalized spacial score (nSPS) is 12.6. The SMILES string of the molecule is CCOC(=O)C(N)C(=O)NCC(CC)(CC)C(=O)O. The predicted molar refractivity (Wildman–Crippen MR) is 68.3 cm³/mol. The molecule has 7 nitrogen and oxygen atoms in total. The van der Waals surface area contributed by atoms with E-state index in [1.165, 1.54) is 0 Å². The fourth-order valence-corrected chi connectivity index (χ4v) is 1.58. The Balaban J connectivity index is 4.57. The van der Waals surface area contributed by atoms with Crippen LogP contribution in [-0.2, 0) is 19.1 Å². The highest BCUT2D eigenvalue weighted by atomic mass is 16.5. The van der Waals surface area contributed by atoms with Gasteiger partial charge in [-0.2, -0.15) is 0 Å². The summed E-state index contributed by atoms with van der Waals surface area (Å²) in [6.07, 6.45) is 0.738. The maximum Gasteiger partial charge on any atom is 0.332 e. The Morgan fingerprint density at radius 3 is 2.16 bits per heavy atom. The Morgan fingerprint density at radius 1 is 1.26 bits per heavy atom. The molecule has 0 rings (SSSR count). The molecule has 0 aromatic carbocycles. The predicted octanol–water partition coefficient (Wildman–Crippen LogP) is -0.116. The van der Waals surface area contributed by atoms with Crippen molar-refractivity contribution in [1.29, 1.82) is 0 Å². The van der Waals surface area contributed by atoms with E-state index in [2.05, 4.69) is 10.1 Å². The molecule has 4 N–H and O–H groups in total. The van der Waals surface area contributed by atoms with Gasteiger partial charge in [0, 0.05) is 6.54 Å². The number of carbonyl (C=O) groups excluding carboxylic acids is 2. The van der Waals surface area contributed by atoms with E-state index in [9.17, 15) is 19.5 Å². The fraction of sp³-hybridized carbons (Fsp3) is 0.750. The van der Waals surface area contributed by atoms with Crippen LogP contribution in [0.2, 0.25) is 0 Å². The summed E-state index contributed by atoms with van der Waals surface area (Å²) in [4.78, 5) is 34.1. The van der Waals surface area contributed by atoms with Crippen LogP contribution in [0.25, 0.3) is 0 Å². The highest BCUT2D eigenvalue weighted by Gasteiger charge is 2.36. The maximum absolute atomic E-state index is 11.6. The Kier molecular flexibility index (Phi) is 7.06. The van der Waals surface area contributed by atoms with Gasteiger partial charge in [0.1, 0.15) is 0 Å². The van der Waals surface area contributed by atoms with Gasteiger partial charge < -0.3 is 20.9 Å². The smallest absolute Gasteiger partial charge is 0.332 e. The van der Waals surface area contributed by atoms with E-state index in [0.29, 0.717) is 12.8 Å². The molecular formula is C12H22N2O5. The molecule has 0 aliphatic rings. The molecule has 0 spiro atoms. The lowest BCUT2D eigenvalue weighted by atomic mass is 9.82. The third-order valence-corrected chi connectivity index (χ3v) is 3.23. The van der Waals surface area contributed by atoms with Crippen LogP contribution in [0.15, 0.2) is 0 Å². The van der Waals surface area contributed by atoms with Gasteiger partial charge in [-0.25, -0.2) is 4.79 Å². The van der Waals surface area contributed by atoms with Crippen LogP contribution < -0.4 is 11.1 Å². The first kappa shape index (κ1) is 17.4. The minimum atomic E-state index is -1.43. The van der Waals surface area contributed by atoms with Crippen LogP contribution in [0, 0.1) is 5.41 Å². The summed E-state index contributed by atoms with van der Waals surface area (Å²) in [6, 6.07) is -1.43. The van der Waals surface area contributed by atoms with Crippen molar-refractivity contribution in [3.05, 3.63) is 0 Å². The zero-order valence-electron chi connectivity index (χ0n) is 11.6. The van der Waals surface area contributed by atoms with Gasteiger partial charge >= 0.3 is 11.9 Å². The van der Waals surface area contributed by atoms with Crippen LogP contribution in [0.3, 0.4) is 0 Å². The van der Waals surface area contributed by atoms with Crippen molar-refractivity contribution >= 4 is 17.8 Å². The number of carboxylic acids is 1. The molecule has 0 aliphatic carbocycles. The Hall–Kier alpha value is -1.63. The van der Waals surface area contributed by atoms with Gasteiger partial charge in [-0.1, -0.05) is 13.8 Å². The molecule has 0 aliphatic heterocycles. The van der Waals surface area contributed by atoms with E-state index < -0.39 is 29.3 Å². The summed E-state index contributed by atoms with van der Waals surface area (Å²) in [5, 5.41) is 11.6. The van der Waals surface area contributed by atoms with Gasteiger partial charge in [0.2, 0.25) is 5.91 Å². The summed E-state index contributed by atoms with van der Waals surface area (Å²) in [5.74, 6) is -2.54. The number of hydrogen-bond acceptors (Lipinski definition) is 5. The standard InChI is InChI=1S/C12H22N2O5/c1-4-12(5-2,11(17)18)7-14-9(15)8(13)10(16)19-6-3/h8H,4-7,13H2,1-3H3,(H,14,15)(H,17,18). The third kappa shape index (κ3) is 4.51. The van der Waals surface area contributed by atoms with Crippen molar-refractivity contribution < 1.29 is 24.2 Å². The van der Waals surface area contributed by atoms with Crippen LogP contribution >= 0.6 is 0 Å². The van der Waals surface area contributed by atoms with E-state index in [-0.39, 0.29) is 13.2 Å². The lowest BCUT2D eigenvalue weighted by molar-refractivity contribution is -0.149. The van der Waals surface area contributed by atoms with Gasteiger partial charge in [0.25, 0.3) is 0 Å². The minimum absolute atomic E-state index is 0.0682. The van der Waals surface area contributed by atoms with Crippen molar-refractivity contribution in [2.24, 2.45) is 11.1 Å². The summed E-state index contributed by atoms with van der Waals surface area (Å²) in [5.41, 5.74) is 4.36. The quantitative estimate of drug-likeness (QED) is 0.419. The van der Waals surface area contributed by atoms with Crippen molar-refractivity contribution in [2.75, 3.05) is 13.2 Å². The molecule has 0 bridgehead atoms. The number of hydrogen-bond donors (Lipinski definition) is 3. The Morgan fingerprint density at radius 2 is 1.79 bits per heavy atom. The number of nitrogens with two attached hydrogens (primary N) is 1. The molecule has 7 heteroatoms. The lowest BCUT2D eigenvalue weighted by Crippen LogP contribution is -2.51. The molecule has 19 heavy (non-hydrogen) atoms. The molecule has 0 heterocycles. The topological polar surface area (TPSA) is 119 Å². The number of amides is 1. The lowest BCUT2D eigenvalue weighted by Gasteiger charge is -2.27. The molecule has 0 saturated carbocycles. The molecule has 1 unspecified atom stereocenters. The zero-order valence-corrected chi connectivity index (χ0v) is 11.6. The van der Waals surface area contributed by atoms with Crippen molar-refractivity contribution in [1.82, 2.24) is 5.32 Å². The summed E-state index contributed by atoms with van der Waals surface area (Å²) < 4.78 is 4.62. The molecule has 110 valence electrons. The summed E-state index contributed by atoms with van der Waals surface area (Å²) in [6.45, 7) is 5.13. The second-order valence-corrected chi connectivity index (χ2v) is 4.24. The van der Waals surface area contributed by atoms with Crippen LogP contribution in [0.1, 0.15) is 33.6 Å². The first-order chi connectivity index (χ1) is 8.84. The van der Waals surface area contributed by atoms with E-state index in [0.717, 1.165) is 0 Å². The second-order valence-electron chi connectivity index (χ2n) is 4.24. The Labute approximate surface area is 112 Å². The first-order valence-electron chi connectivity index (χ1n) is 6.27. The van der Waals surface area contributed by atoms with E-state index in [1.54, 1.807) is 20.8 Å². The van der Waals surface area contributed by atoms with E-state index >= 15 is 0 Å². The molecule has 0 fully saturated rings. The average molecular weight is 274 g/mol. The first-order valence-corrected chi connectivity index (χ1v) is 6.27. The maximum atomic E-state index is 11.6. The minimum Gasteiger partial charge on any atom is -0.481 e. The van der Waals surface area contributed by atoms with Crippen LogP contribution in [0.5, 0.6) is 0 Å². The largest absolute Gasteiger partial charge is 0.481 e. The molecule has 1 atom stereocenters. The van der Waals surface area contributed by atoms with Gasteiger partial charge in [-0.05, 0) is 19.8 Å². The van der Waals surface area contributed by atoms with Gasteiger partial charge in [0.05, 0.1) is 12.0 Å². The number of rotatable bonds is 8. The number of carbonyl (C=O) groups is 3. The molecule has 0 aromatic rings. The van der Waals surface area contributed by atoms with Gasteiger partial charge in [-0.15, -0.1) is 0 Å². The number of ether oxygens (including phenoxy) is 1. The molecule has 0 saturated heterocycles. The fourth-order valence-electron chi connectivity index (χ4n) is 1.58. The van der Waals surface area contributed by atoms with Crippen LogP contribution in [-0.4, -0.2) is 42.1 Å². The monoisotopic (exact) mass is 274 g/mol. The van der Waals surface area contributed by atoms with Crippen LogP contribution in [0.4, 0.5) is 0 Å². The third-order valence-electron chi connectivity index (χ3n) is 3.23. The number of carboxylic acid groups (broad SMARTS) is 1. The Bertz CT molecular complexity index is 339. The number of aliphatic carboxylic acids is 1. The van der Waals surface area contributed by atoms with Gasteiger partial charge in [-0.3, -0.25) is 9.59 Å². The average Bonchev–Trinajstić information content (AvgIpc) is 2.39. The number of esters is 1. The highest BCUT2D eigenvalue weighted by molar-refractivity contribution is 6.01. The van der Waals surface area contributed by atoms with Crippen molar-refractivity contribution in [2.45, 2.75) is 39.7 Å². The second kappa shape index (κ2) is 7.73. The van der Waals surface area contributed by atoms with Crippen molar-refractivity contribution in [3.8, 4) is 0 Å². The van der Waals surface area contributed by atoms with E-state index in [4.69, 9.17) is 5.73 Å². The molecule has 0 aromatic heterocycles. The zero-order chi connectivity index (χ0) is 15.1. The number of nitrogens with one attached hydrogen (secondary N) is 1. The summed E-state index contributed by atoms with van der Waals surface area (Å²) in [7, 11) is 0. The van der Waals surface area contributed by atoms with Gasteiger partial charge in [0.15, 0.2) is 6.04 Å².